The lowest BCUT2D eigenvalue weighted by molar-refractivity contribution is 0.477. The van der Waals surface area contributed by atoms with Gasteiger partial charge in [0, 0.05) is 19.0 Å². The van der Waals surface area contributed by atoms with E-state index in [-0.39, 0.29) is 11.6 Å². The molecule has 1 heterocycles. The van der Waals surface area contributed by atoms with E-state index in [4.69, 9.17) is 4.98 Å². The average molecular weight is 373 g/mol. The lowest BCUT2D eigenvalue weighted by Gasteiger charge is -2.21. The molecule has 0 radical (unpaired) electrons. The van der Waals surface area contributed by atoms with E-state index in [0.717, 1.165) is 27.8 Å². The molecule has 0 aliphatic rings. The summed E-state index contributed by atoms with van der Waals surface area (Å²) in [4.78, 5) is 11.4. The zero-order valence-electron chi connectivity index (χ0n) is 15.7. The number of halogens is 1. The Morgan fingerprint density at radius 1 is 0.964 bits per heavy atom. The van der Waals surface area contributed by atoms with Gasteiger partial charge >= 0.3 is 0 Å². The van der Waals surface area contributed by atoms with Crippen LogP contribution in [0.1, 0.15) is 11.1 Å². The summed E-state index contributed by atoms with van der Waals surface area (Å²) in [5.41, 5.74) is 3.48. The number of phenolic OH excluding ortho intramolecular Hbond substituents is 1. The monoisotopic (exact) mass is 373 g/mol. The predicted octanol–water partition coefficient (Wildman–Crippen LogP) is 5.09. The van der Waals surface area contributed by atoms with Crippen molar-refractivity contribution in [1.29, 1.82) is 0 Å². The van der Waals surface area contributed by atoms with Crippen molar-refractivity contribution >= 4 is 16.7 Å². The lowest BCUT2D eigenvalue weighted by Crippen LogP contribution is -2.18. The highest BCUT2D eigenvalue weighted by Gasteiger charge is 2.15. The number of aromatic hydroxyl groups is 1. The molecule has 0 saturated carbocycles. The van der Waals surface area contributed by atoms with Crippen LogP contribution in [0.2, 0.25) is 0 Å². The molecule has 0 aliphatic heterocycles. The summed E-state index contributed by atoms with van der Waals surface area (Å²) in [5.74, 6) is 1.11. The van der Waals surface area contributed by atoms with Gasteiger partial charge in [0.1, 0.15) is 17.4 Å². The van der Waals surface area contributed by atoms with Crippen LogP contribution >= 0.6 is 0 Å². The fraction of sp³-hybridized carbons (Fsp3) is 0.130. The molecule has 0 bridgehead atoms. The fourth-order valence-electron chi connectivity index (χ4n) is 3.24. The predicted molar refractivity (Wildman–Crippen MR) is 110 cm³/mol. The molecule has 0 amide bonds. The maximum Gasteiger partial charge on any atom is 0.165 e. The maximum absolute atomic E-state index is 13.2. The number of benzene rings is 3. The topological polar surface area (TPSA) is 49.2 Å². The maximum atomic E-state index is 13.2. The van der Waals surface area contributed by atoms with E-state index in [1.54, 1.807) is 30.3 Å². The number of hydrogen-bond acceptors (Lipinski definition) is 4. The first-order valence-corrected chi connectivity index (χ1v) is 9.03. The van der Waals surface area contributed by atoms with Gasteiger partial charge in [0.05, 0.1) is 11.1 Å². The Balaban J connectivity index is 1.83. The van der Waals surface area contributed by atoms with E-state index >= 15 is 0 Å². The fourth-order valence-corrected chi connectivity index (χ4v) is 3.24. The molecule has 3 aromatic carbocycles. The molecule has 0 atom stereocenters. The van der Waals surface area contributed by atoms with Crippen LogP contribution in [0.5, 0.6) is 5.75 Å². The van der Waals surface area contributed by atoms with Crippen LogP contribution in [-0.2, 0) is 6.54 Å². The van der Waals surface area contributed by atoms with Gasteiger partial charge in [-0.1, -0.05) is 30.3 Å². The molecule has 5 heteroatoms. The zero-order valence-corrected chi connectivity index (χ0v) is 15.7. The highest BCUT2D eigenvalue weighted by atomic mass is 19.1. The van der Waals surface area contributed by atoms with Crippen molar-refractivity contribution in [3.05, 3.63) is 83.7 Å². The van der Waals surface area contributed by atoms with E-state index in [0.29, 0.717) is 17.9 Å². The van der Waals surface area contributed by atoms with Crippen LogP contribution in [-0.4, -0.2) is 22.1 Å². The van der Waals surface area contributed by atoms with Gasteiger partial charge < -0.3 is 10.0 Å². The first kappa shape index (κ1) is 17.9. The van der Waals surface area contributed by atoms with Gasteiger partial charge in [-0.15, -0.1) is 0 Å². The molecule has 4 aromatic rings. The van der Waals surface area contributed by atoms with Gasteiger partial charge in [0.2, 0.25) is 0 Å². The number of hydrogen-bond donors (Lipinski definition) is 1. The van der Waals surface area contributed by atoms with E-state index in [9.17, 15) is 9.50 Å². The molecular formula is C23H20FN3O. The summed E-state index contributed by atoms with van der Waals surface area (Å²) in [7, 11) is 1.94. The van der Waals surface area contributed by atoms with Crippen LogP contribution < -0.4 is 4.90 Å². The average Bonchev–Trinajstić information content (AvgIpc) is 2.69. The minimum absolute atomic E-state index is 0.140. The number of nitrogens with zero attached hydrogens (tertiary/aromatic N) is 3. The molecular weight excluding hydrogens is 353 g/mol. The van der Waals surface area contributed by atoms with Crippen LogP contribution in [0.4, 0.5) is 10.2 Å². The van der Waals surface area contributed by atoms with Crippen LogP contribution in [0.3, 0.4) is 0 Å². The minimum Gasteiger partial charge on any atom is -0.507 e. The van der Waals surface area contributed by atoms with Crippen LogP contribution in [0, 0.1) is 12.7 Å². The third-order valence-electron chi connectivity index (χ3n) is 4.67. The molecule has 140 valence electrons. The minimum atomic E-state index is -0.254. The van der Waals surface area contributed by atoms with Gasteiger partial charge in [-0.25, -0.2) is 14.4 Å². The number of aromatic nitrogens is 2. The van der Waals surface area contributed by atoms with Gasteiger partial charge in [-0.3, -0.25) is 0 Å². The number of phenols is 1. The number of anilines is 1. The Morgan fingerprint density at radius 2 is 1.71 bits per heavy atom. The zero-order chi connectivity index (χ0) is 19.7. The normalized spacial score (nSPS) is 11.0. The highest BCUT2D eigenvalue weighted by Crippen LogP contribution is 2.32. The largest absolute Gasteiger partial charge is 0.507 e. The Bertz CT molecular complexity index is 1140. The molecule has 4 nitrogen and oxygen atoms in total. The number of fused-ring (bicyclic) bond motifs is 1. The summed E-state index contributed by atoms with van der Waals surface area (Å²) in [5, 5.41) is 11.2. The second kappa shape index (κ2) is 7.27. The molecule has 0 spiro atoms. The van der Waals surface area contributed by atoms with Crippen molar-refractivity contribution in [3.63, 3.8) is 0 Å². The number of para-hydroxylation sites is 1. The van der Waals surface area contributed by atoms with Crippen molar-refractivity contribution in [3.8, 4) is 17.1 Å². The second-order valence-corrected chi connectivity index (χ2v) is 6.89. The summed E-state index contributed by atoms with van der Waals surface area (Å²) in [6, 6.07) is 19.5. The van der Waals surface area contributed by atoms with E-state index in [2.05, 4.69) is 4.98 Å². The number of rotatable bonds is 4. The van der Waals surface area contributed by atoms with E-state index in [1.165, 1.54) is 12.1 Å². The molecule has 1 aromatic heterocycles. The quantitative estimate of drug-likeness (QED) is 0.542. The van der Waals surface area contributed by atoms with Gasteiger partial charge in [-0.05, 0) is 54.4 Å². The molecule has 28 heavy (non-hydrogen) atoms. The third kappa shape index (κ3) is 3.51. The van der Waals surface area contributed by atoms with Crippen molar-refractivity contribution < 1.29 is 9.50 Å². The first-order chi connectivity index (χ1) is 13.5. The van der Waals surface area contributed by atoms with Crippen LogP contribution in [0.25, 0.3) is 22.3 Å². The molecule has 0 unspecified atom stereocenters. The molecule has 0 saturated heterocycles. The van der Waals surface area contributed by atoms with E-state index < -0.39 is 0 Å². The Hall–Kier alpha value is -3.47. The van der Waals surface area contributed by atoms with E-state index in [1.807, 2.05) is 43.1 Å². The van der Waals surface area contributed by atoms with Gasteiger partial charge in [-0.2, -0.15) is 0 Å². The second-order valence-electron chi connectivity index (χ2n) is 6.89. The molecule has 0 fully saturated rings. The Labute approximate surface area is 162 Å². The van der Waals surface area contributed by atoms with Crippen molar-refractivity contribution in [2.24, 2.45) is 0 Å². The molecule has 0 aliphatic carbocycles. The molecule has 1 N–H and O–H groups in total. The summed E-state index contributed by atoms with van der Waals surface area (Å²) >= 11 is 0. The van der Waals surface area contributed by atoms with Crippen molar-refractivity contribution in [2.75, 3.05) is 11.9 Å². The Morgan fingerprint density at radius 3 is 2.46 bits per heavy atom. The SMILES string of the molecule is Cc1ccc2c(N(C)Cc3ccc(F)cc3)nc(-c3ccccc3O)nc2c1. The van der Waals surface area contributed by atoms with Gasteiger partial charge in [0.15, 0.2) is 5.82 Å². The lowest BCUT2D eigenvalue weighted by atomic mass is 10.1. The smallest absolute Gasteiger partial charge is 0.165 e. The Kier molecular flexibility index (Phi) is 4.65. The highest BCUT2D eigenvalue weighted by molar-refractivity contribution is 5.91. The third-order valence-corrected chi connectivity index (χ3v) is 4.67. The van der Waals surface area contributed by atoms with Crippen molar-refractivity contribution in [2.45, 2.75) is 13.5 Å². The van der Waals surface area contributed by atoms with Gasteiger partial charge in [0.25, 0.3) is 0 Å². The van der Waals surface area contributed by atoms with Crippen molar-refractivity contribution in [1.82, 2.24) is 9.97 Å². The standard InChI is InChI=1S/C23H20FN3O/c1-15-7-12-18-20(13-15)25-22(19-5-3-4-6-21(19)28)26-23(18)27(2)14-16-8-10-17(24)11-9-16/h3-13,28H,14H2,1-2H3. The summed E-state index contributed by atoms with van der Waals surface area (Å²) < 4.78 is 13.2. The number of aryl methyl sites for hydroxylation is 1. The first-order valence-electron chi connectivity index (χ1n) is 9.03. The summed E-state index contributed by atoms with van der Waals surface area (Å²) in [6.45, 7) is 2.59. The van der Waals surface area contributed by atoms with Crippen LogP contribution in [0.15, 0.2) is 66.7 Å². The summed E-state index contributed by atoms with van der Waals surface area (Å²) in [6.07, 6.45) is 0. The molecule has 4 rings (SSSR count).